The van der Waals surface area contributed by atoms with Crippen molar-refractivity contribution in [3.8, 4) is 11.3 Å². The second-order valence-electron chi connectivity index (χ2n) is 5.90. The van der Waals surface area contributed by atoms with Crippen molar-refractivity contribution in [2.45, 2.75) is 51.9 Å². The Kier molecular flexibility index (Phi) is 4.27. The molecule has 1 aliphatic rings. The summed E-state index contributed by atoms with van der Waals surface area (Å²) in [6.07, 6.45) is 2.81. The van der Waals surface area contributed by atoms with Gasteiger partial charge in [0.05, 0.1) is 22.9 Å². The number of nitrogens with zero attached hydrogens (tertiary/aromatic N) is 1. The van der Waals surface area contributed by atoms with Gasteiger partial charge >= 0.3 is 0 Å². The number of rotatable bonds is 3. The molecule has 1 N–H and O–H groups in total. The highest BCUT2D eigenvalue weighted by atomic mass is 32.1. The molecule has 2 heterocycles. The molecule has 0 bridgehead atoms. The van der Waals surface area contributed by atoms with Gasteiger partial charge < -0.3 is 10.1 Å². The highest BCUT2D eigenvalue weighted by molar-refractivity contribution is 7.09. The van der Waals surface area contributed by atoms with Gasteiger partial charge in [0.25, 0.3) is 0 Å². The van der Waals surface area contributed by atoms with Crippen LogP contribution in [0.2, 0.25) is 0 Å². The van der Waals surface area contributed by atoms with E-state index in [-0.39, 0.29) is 0 Å². The fourth-order valence-electron chi connectivity index (χ4n) is 2.99. The molecule has 2 aromatic rings. The maximum Gasteiger partial charge on any atom is 0.0901 e. The van der Waals surface area contributed by atoms with E-state index in [4.69, 9.17) is 4.74 Å². The number of aryl methyl sites for hydroxylation is 1. The molecular weight excluding hydrogens is 280 g/mol. The Morgan fingerprint density at radius 1 is 1.14 bits per heavy atom. The summed E-state index contributed by atoms with van der Waals surface area (Å²) >= 11 is 1.69. The summed E-state index contributed by atoms with van der Waals surface area (Å²) in [5.74, 6) is 0. The molecule has 1 aliphatic heterocycles. The van der Waals surface area contributed by atoms with E-state index in [1.807, 2.05) is 6.92 Å². The molecule has 3 nitrogen and oxygen atoms in total. The fourth-order valence-corrected chi connectivity index (χ4v) is 3.61. The van der Waals surface area contributed by atoms with E-state index < -0.39 is 0 Å². The van der Waals surface area contributed by atoms with Gasteiger partial charge in [-0.25, -0.2) is 4.98 Å². The lowest BCUT2D eigenvalue weighted by molar-refractivity contribution is -0.0337. The van der Waals surface area contributed by atoms with E-state index >= 15 is 0 Å². The molecule has 0 amide bonds. The molecule has 0 radical (unpaired) electrons. The van der Waals surface area contributed by atoms with Crippen LogP contribution >= 0.6 is 11.3 Å². The van der Waals surface area contributed by atoms with E-state index in [0.717, 1.165) is 23.5 Å². The minimum Gasteiger partial charge on any atom is -0.382 e. The number of nitrogens with one attached hydrogen (secondary N) is 1. The van der Waals surface area contributed by atoms with Gasteiger partial charge in [-0.05, 0) is 45.7 Å². The van der Waals surface area contributed by atoms with Gasteiger partial charge in [0.15, 0.2) is 0 Å². The first-order valence-corrected chi connectivity index (χ1v) is 8.42. The highest BCUT2D eigenvalue weighted by Gasteiger charge is 2.24. The highest BCUT2D eigenvalue weighted by Crippen LogP contribution is 2.26. The normalized spacial score (nSPS) is 25.8. The molecule has 0 aliphatic carbocycles. The molecule has 112 valence electrons. The standard InChI is InChI=1S/C17H22N2OS/c1-11-8-16(9-12(2)20-11)19-15-6-4-14(5-7-15)17-10-21-13(3)18-17/h4-7,10-12,16,19H,8-9H2,1-3H3. The van der Waals surface area contributed by atoms with Gasteiger partial charge in [-0.15, -0.1) is 11.3 Å². The van der Waals surface area contributed by atoms with Crippen LogP contribution in [0.1, 0.15) is 31.7 Å². The van der Waals surface area contributed by atoms with Crippen molar-refractivity contribution in [2.24, 2.45) is 0 Å². The third kappa shape index (κ3) is 3.63. The first-order valence-electron chi connectivity index (χ1n) is 7.54. The lowest BCUT2D eigenvalue weighted by atomic mass is 9.99. The number of hydrogen-bond donors (Lipinski definition) is 1. The van der Waals surface area contributed by atoms with Gasteiger partial charge in [-0.2, -0.15) is 0 Å². The minimum atomic E-state index is 0.337. The Bertz CT molecular complexity index is 583. The van der Waals surface area contributed by atoms with E-state index in [9.17, 15) is 0 Å². The number of anilines is 1. The zero-order valence-electron chi connectivity index (χ0n) is 12.8. The zero-order valence-corrected chi connectivity index (χ0v) is 13.6. The smallest absolute Gasteiger partial charge is 0.0901 e. The minimum absolute atomic E-state index is 0.337. The van der Waals surface area contributed by atoms with Gasteiger partial charge in [0.2, 0.25) is 0 Å². The third-order valence-electron chi connectivity index (χ3n) is 3.87. The van der Waals surface area contributed by atoms with Crippen LogP contribution in [0.25, 0.3) is 11.3 Å². The number of aromatic nitrogens is 1. The monoisotopic (exact) mass is 302 g/mol. The molecule has 2 unspecified atom stereocenters. The van der Waals surface area contributed by atoms with Crippen LogP contribution in [0.4, 0.5) is 5.69 Å². The van der Waals surface area contributed by atoms with Crippen LogP contribution in [0.5, 0.6) is 0 Å². The van der Waals surface area contributed by atoms with Crippen LogP contribution < -0.4 is 5.32 Å². The van der Waals surface area contributed by atoms with Crippen molar-refractivity contribution in [1.29, 1.82) is 0 Å². The number of hydrogen-bond acceptors (Lipinski definition) is 4. The lowest BCUT2D eigenvalue weighted by Gasteiger charge is -2.33. The third-order valence-corrected chi connectivity index (χ3v) is 4.64. The summed E-state index contributed by atoms with van der Waals surface area (Å²) < 4.78 is 5.79. The van der Waals surface area contributed by atoms with Crippen molar-refractivity contribution < 1.29 is 4.74 Å². The summed E-state index contributed by atoms with van der Waals surface area (Å²) in [5.41, 5.74) is 3.42. The Morgan fingerprint density at radius 3 is 2.38 bits per heavy atom. The topological polar surface area (TPSA) is 34.2 Å². The average molecular weight is 302 g/mol. The summed E-state index contributed by atoms with van der Waals surface area (Å²) in [5, 5.41) is 6.85. The van der Waals surface area contributed by atoms with Crippen LogP contribution in [-0.4, -0.2) is 23.2 Å². The molecule has 1 saturated heterocycles. The van der Waals surface area contributed by atoms with Crippen molar-refractivity contribution in [3.63, 3.8) is 0 Å². The van der Waals surface area contributed by atoms with E-state index in [0.29, 0.717) is 18.2 Å². The summed E-state index contributed by atoms with van der Waals surface area (Å²) in [6, 6.07) is 9.08. The van der Waals surface area contributed by atoms with E-state index in [2.05, 4.69) is 53.8 Å². The SMILES string of the molecule is Cc1nc(-c2ccc(NC3CC(C)OC(C)C3)cc2)cs1. The summed E-state index contributed by atoms with van der Waals surface area (Å²) in [6.45, 7) is 6.34. The molecule has 2 atom stereocenters. The number of ether oxygens (including phenoxy) is 1. The van der Waals surface area contributed by atoms with Crippen LogP contribution in [-0.2, 0) is 4.74 Å². The molecule has 1 aromatic heterocycles. The van der Waals surface area contributed by atoms with Gasteiger partial charge in [0, 0.05) is 22.7 Å². The molecule has 21 heavy (non-hydrogen) atoms. The van der Waals surface area contributed by atoms with Gasteiger partial charge in [-0.3, -0.25) is 0 Å². The van der Waals surface area contributed by atoms with E-state index in [1.165, 1.54) is 11.3 Å². The predicted octanol–water partition coefficient (Wildman–Crippen LogP) is 4.49. The van der Waals surface area contributed by atoms with Crippen molar-refractivity contribution in [1.82, 2.24) is 4.98 Å². The predicted molar refractivity (Wildman–Crippen MR) is 88.9 cm³/mol. The largest absolute Gasteiger partial charge is 0.382 e. The molecule has 3 rings (SSSR count). The molecule has 1 fully saturated rings. The number of thiazole rings is 1. The zero-order chi connectivity index (χ0) is 14.8. The van der Waals surface area contributed by atoms with Crippen molar-refractivity contribution in [2.75, 3.05) is 5.32 Å². The average Bonchev–Trinajstić information content (AvgIpc) is 2.85. The first kappa shape index (κ1) is 14.5. The molecule has 1 aromatic carbocycles. The summed E-state index contributed by atoms with van der Waals surface area (Å²) in [7, 11) is 0. The Balaban J connectivity index is 1.67. The van der Waals surface area contributed by atoms with Gasteiger partial charge in [-0.1, -0.05) is 12.1 Å². The maximum atomic E-state index is 5.79. The second-order valence-corrected chi connectivity index (χ2v) is 6.96. The van der Waals surface area contributed by atoms with Crippen molar-refractivity contribution in [3.05, 3.63) is 34.7 Å². The Morgan fingerprint density at radius 2 is 1.81 bits per heavy atom. The lowest BCUT2D eigenvalue weighted by Crippen LogP contribution is -2.36. The van der Waals surface area contributed by atoms with Crippen LogP contribution in [0, 0.1) is 6.92 Å². The first-order chi connectivity index (χ1) is 10.1. The Labute approximate surface area is 130 Å². The van der Waals surface area contributed by atoms with Crippen LogP contribution in [0.15, 0.2) is 29.6 Å². The van der Waals surface area contributed by atoms with Crippen LogP contribution in [0.3, 0.4) is 0 Å². The molecule has 4 heteroatoms. The molecule has 0 saturated carbocycles. The maximum absolute atomic E-state index is 5.79. The van der Waals surface area contributed by atoms with Crippen molar-refractivity contribution >= 4 is 17.0 Å². The van der Waals surface area contributed by atoms with E-state index in [1.54, 1.807) is 11.3 Å². The fraction of sp³-hybridized carbons (Fsp3) is 0.471. The summed E-state index contributed by atoms with van der Waals surface area (Å²) in [4.78, 5) is 4.53. The number of benzene rings is 1. The van der Waals surface area contributed by atoms with Gasteiger partial charge in [0.1, 0.15) is 0 Å². The molecular formula is C17H22N2OS. The quantitative estimate of drug-likeness (QED) is 0.907. The second kappa shape index (κ2) is 6.16. The Hall–Kier alpha value is -1.39. The molecule has 0 spiro atoms.